The van der Waals surface area contributed by atoms with Crippen LogP contribution in [0.4, 0.5) is 5.69 Å². The normalized spacial score (nSPS) is 17.8. The molecule has 0 radical (unpaired) electrons. The predicted molar refractivity (Wildman–Crippen MR) is 97.4 cm³/mol. The number of carbonyl (C=O) groups excluding carboxylic acids is 2. The fourth-order valence-corrected chi connectivity index (χ4v) is 3.35. The summed E-state index contributed by atoms with van der Waals surface area (Å²) >= 11 is 0. The minimum absolute atomic E-state index is 0.0656. The molecule has 0 bridgehead atoms. The molecule has 1 aliphatic heterocycles. The van der Waals surface area contributed by atoms with Gasteiger partial charge >= 0.3 is 0 Å². The van der Waals surface area contributed by atoms with E-state index >= 15 is 0 Å². The van der Waals surface area contributed by atoms with Crippen LogP contribution in [0.5, 0.6) is 0 Å². The summed E-state index contributed by atoms with van der Waals surface area (Å²) in [6.07, 6.45) is 11.0. The molecule has 1 saturated heterocycles. The van der Waals surface area contributed by atoms with Crippen LogP contribution in [-0.2, 0) is 4.79 Å². The molecule has 2 heterocycles. The maximum atomic E-state index is 12.6. The van der Waals surface area contributed by atoms with E-state index in [9.17, 15) is 9.59 Å². The molecule has 1 aromatic heterocycles. The minimum Gasteiger partial charge on any atom is -0.385 e. The van der Waals surface area contributed by atoms with Crippen LogP contribution in [0, 0.1) is 0 Å². The molecule has 0 unspecified atom stereocenters. The van der Waals surface area contributed by atoms with Gasteiger partial charge in [0.15, 0.2) is 0 Å². The van der Waals surface area contributed by atoms with E-state index in [1.807, 2.05) is 12.1 Å². The summed E-state index contributed by atoms with van der Waals surface area (Å²) in [4.78, 5) is 31.0. The molecular formula is C19H26N4O2. The van der Waals surface area contributed by atoms with Gasteiger partial charge in [0, 0.05) is 44.6 Å². The molecule has 6 nitrogen and oxygen atoms in total. The van der Waals surface area contributed by atoms with Gasteiger partial charge < -0.3 is 15.1 Å². The molecule has 0 aromatic carbocycles. The fourth-order valence-electron chi connectivity index (χ4n) is 3.35. The average molecular weight is 342 g/mol. The zero-order valence-electron chi connectivity index (χ0n) is 14.6. The summed E-state index contributed by atoms with van der Waals surface area (Å²) in [6.45, 7) is 3.17. The molecule has 1 fully saturated rings. The van der Waals surface area contributed by atoms with Gasteiger partial charge in [-0.25, -0.2) is 0 Å². The lowest BCUT2D eigenvalue weighted by Crippen LogP contribution is -2.48. The van der Waals surface area contributed by atoms with Gasteiger partial charge in [0.05, 0.1) is 0 Å². The Morgan fingerprint density at radius 1 is 1.24 bits per heavy atom. The van der Waals surface area contributed by atoms with Crippen LogP contribution in [0.15, 0.2) is 30.0 Å². The van der Waals surface area contributed by atoms with Crippen molar-refractivity contribution in [3.8, 4) is 0 Å². The van der Waals surface area contributed by atoms with Crippen LogP contribution >= 0.6 is 0 Å². The van der Waals surface area contributed by atoms with Gasteiger partial charge in [-0.1, -0.05) is 11.6 Å². The molecular weight excluding hydrogens is 316 g/mol. The standard InChI is InChI=1S/C19H26N4O2/c24-15-22-10-12-23(13-11-22)19(25)18-14-17(7-9-21-18)20-8-6-16-4-2-1-3-5-16/h4,7,9,14-15H,1-3,5-6,8,10-13H2,(H,20,21). The molecule has 0 saturated carbocycles. The second-order valence-electron chi connectivity index (χ2n) is 6.65. The lowest BCUT2D eigenvalue weighted by Gasteiger charge is -2.32. The number of allylic oxidation sites excluding steroid dienone is 1. The quantitative estimate of drug-likeness (QED) is 0.636. The van der Waals surface area contributed by atoms with Crippen LogP contribution in [-0.4, -0.2) is 59.8 Å². The van der Waals surface area contributed by atoms with E-state index in [0.29, 0.717) is 31.9 Å². The third-order valence-electron chi connectivity index (χ3n) is 4.89. The number of aromatic nitrogens is 1. The van der Waals surface area contributed by atoms with E-state index in [4.69, 9.17) is 0 Å². The van der Waals surface area contributed by atoms with Crippen molar-refractivity contribution >= 4 is 18.0 Å². The Balaban J connectivity index is 1.53. The lowest BCUT2D eigenvalue weighted by atomic mass is 9.97. The van der Waals surface area contributed by atoms with E-state index < -0.39 is 0 Å². The Morgan fingerprint density at radius 2 is 2.08 bits per heavy atom. The number of nitrogens with one attached hydrogen (secondary N) is 1. The van der Waals surface area contributed by atoms with Crippen LogP contribution < -0.4 is 5.32 Å². The molecule has 2 amide bonds. The van der Waals surface area contributed by atoms with Crippen molar-refractivity contribution < 1.29 is 9.59 Å². The van der Waals surface area contributed by atoms with Crippen molar-refractivity contribution in [1.82, 2.24) is 14.8 Å². The maximum Gasteiger partial charge on any atom is 0.272 e. The molecule has 25 heavy (non-hydrogen) atoms. The Morgan fingerprint density at radius 3 is 2.80 bits per heavy atom. The Kier molecular flexibility index (Phi) is 6.04. The zero-order valence-corrected chi connectivity index (χ0v) is 14.6. The molecule has 0 spiro atoms. The van der Waals surface area contributed by atoms with Gasteiger partial charge in [-0.15, -0.1) is 0 Å². The molecule has 1 N–H and O–H groups in total. The Hall–Kier alpha value is -2.37. The summed E-state index contributed by atoms with van der Waals surface area (Å²) in [5.41, 5.74) is 2.93. The highest BCUT2D eigenvalue weighted by molar-refractivity contribution is 5.93. The first-order chi connectivity index (χ1) is 12.3. The number of rotatable bonds is 6. The Bertz CT molecular complexity index is 636. The van der Waals surface area contributed by atoms with Gasteiger partial charge in [0.1, 0.15) is 5.69 Å². The lowest BCUT2D eigenvalue weighted by molar-refractivity contribution is -0.119. The first kappa shape index (κ1) is 17.5. The summed E-state index contributed by atoms with van der Waals surface area (Å²) in [7, 11) is 0. The van der Waals surface area contributed by atoms with Gasteiger partial charge in [-0.2, -0.15) is 0 Å². The van der Waals surface area contributed by atoms with Crippen molar-refractivity contribution in [3.05, 3.63) is 35.7 Å². The number of carbonyl (C=O) groups is 2. The van der Waals surface area contributed by atoms with Crippen molar-refractivity contribution in [2.75, 3.05) is 38.0 Å². The molecule has 0 atom stereocenters. The SMILES string of the molecule is O=CN1CCN(C(=O)c2cc(NCCC3=CCCCC3)ccn2)CC1. The van der Waals surface area contributed by atoms with Crippen molar-refractivity contribution in [1.29, 1.82) is 0 Å². The smallest absolute Gasteiger partial charge is 0.272 e. The number of piperazine rings is 1. The average Bonchev–Trinajstić information content (AvgIpc) is 2.68. The zero-order chi connectivity index (χ0) is 17.5. The van der Waals surface area contributed by atoms with Crippen LogP contribution in [0.1, 0.15) is 42.6 Å². The molecule has 6 heteroatoms. The second kappa shape index (κ2) is 8.65. The van der Waals surface area contributed by atoms with E-state index in [1.165, 1.54) is 31.3 Å². The summed E-state index contributed by atoms with van der Waals surface area (Å²) in [5.74, 6) is -0.0656. The fraction of sp³-hybridized carbons (Fsp3) is 0.526. The highest BCUT2D eigenvalue weighted by atomic mass is 16.2. The van der Waals surface area contributed by atoms with E-state index in [-0.39, 0.29) is 5.91 Å². The third-order valence-corrected chi connectivity index (χ3v) is 4.89. The highest BCUT2D eigenvalue weighted by Crippen LogP contribution is 2.20. The second-order valence-corrected chi connectivity index (χ2v) is 6.65. The van der Waals surface area contributed by atoms with Gasteiger partial charge in [0.25, 0.3) is 5.91 Å². The first-order valence-electron chi connectivity index (χ1n) is 9.13. The summed E-state index contributed by atoms with van der Waals surface area (Å²) < 4.78 is 0. The topological polar surface area (TPSA) is 65.5 Å². The van der Waals surface area contributed by atoms with Gasteiger partial charge in [-0.3, -0.25) is 14.6 Å². The number of hydrogen-bond donors (Lipinski definition) is 1. The molecule has 1 aromatic rings. The largest absolute Gasteiger partial charge is 0.385 e. The Labute approximate surface area is 148 Å². The first-order valence-corrected chi connectivity index (χ1v) is 9.13. The van der Waals surface area contributed by atoms with E-state index in [2.05, 4.69) is 16.4 Å². The highest BCUT2D eigenvalue weighted by Gasteiger charge is 2.22. The van der Waals surface area contributed by atoms with Gasteiger partial charge in [-0.05, 0) is 44.2 Å². The van der Waals surface area contributed by atoms with Gasteiger partial charge in [0.2, 0.25) is 6.41 Å². The molecule has 1 aliphatic carbocycles. The number of hydrogen-bond acceptors (Lipinski definition) is 4. The summed E-state index contributed by atoms with van der Waals surface area (Å²) in [6, 6.07) is 3.72. The van der Waals surface area contributed by atoms with E-state index in [1.54, 1.807) is 16.0 Å². The van der Waals surface area contributed by atoms with Crippen molar-refractivity contribution in [2.45, 2.75) is 32.1 Å². The third kappa shape index (κ3) is 4.81. The number of nitrogens with zero attached hydrogens (tertiary/aromatic N) is 3. The molecule has 134 valence electrons. The number of pyridine rings is 1. The van der Waals surface area contributed by atoms with Crippen LogP contribution in [0.25, 0.3) is 0 Å². The van der Waals surface area contributed by atoms with Crippen molar-refractivity contribution in [2.24, 2.45) is 0 Å². The molecule has 3 rings (SSSR count). The van der Waals surface area contributed by atoms with E-state index in [0.717, 1.165) is 25.1 Å². The number of anilines is 1. The van der Waals surface area contributed by atoms with Crippen LogP contribution in [0.2, 0.25) is 0 Å². The van der Waals surface area contributed by atoms with Crippen LogP contribution in [0.3, 0.4) is 0 Å². The molecule has 2 aliphatic rings. The van der Waals surface area contributed by atoms with Crippen molar-refractivity contribution in [3.63, 3.8) is 0 Å². The monoisotopic (exact) mass is 342 g/mol. The predicted octanol–water partition coefficient (Wildman–Crippen LogP) is 2.30. The summed E-state index contributed by atoms with van der Waals surface area (Å²) in [5, 5.41) is 3.40. The minimum atomic E-state index is -0.0656. The maximum absolute atomic E-state index is 12.6. The number of amides is 2.